The van der Waals surface area contributed by atoms with E-state index in [1.807, 2.05) is 36.4 Å². The number of rotatable bonds is 7. The fraction of sp³-hybridized carbons (Fsp3) is 0.143. The number of fused-ring (bicyclic) bond motifs is 3. The van der Waals surface area contributed by atoms with Crippen LogP contribution in [0.4, 0.5) is 0 Å². The van der Waals surface area contributed by atoms with Crippen molar-refractivity contribution in [2.24, 2.45) is 0 Å². The summed E-state index contributed by atoms with van der Waals surface area (Å²) in [6.07, 6.45) is 5.02. The maximum absolute atomic E-state index is 10.8. The number of ether oxygens (including phenoxy) is 1. The van der Waals surface area contributed by atoms with Crippen molar-refractivity contribution >= 4 is 35.1 Å². The molecular formula is C21H17NO3S2. The molecule has 1 aromatic heterocycles. The summed E-state index contributed by atoms with van der Waals surface area (Å²) < 4.78 is 6.48. The summed E-state index contributed by atoms with van der Waals surface area (Å²) in [5.74, 6) is 0.538. The van der Waals surface area contributed by atoms with Gasteiger partial charge in [-0.3, -0.25) is 0 Å². The Morgan fingerprint density at radius 1 is 1.22 bits per heavy atom. The molecule has 0 amide bonds. The lowest BCUT2D eigenvalue weighted by Gasteiger charge is -2.08. The predicted octanol–water partition coefficient (Wildman–Crippen LogP) is 4.98. The van der Waals surface area contributed by atoms with Gasteiger partial charge < -0.3 is 9.84 Å². The number of thiazole rings is 1. The Labute approximate surface area is 165 Å². The van der Waals surface area contributed by atoms with Gasteiger partial charge in [-0.25, -0.2) is 9.78 Å². The second-order valence-corrected chi connectivity index (χ2v) is 8.37. The van der Waals surface area contributed by atoms with Gasteiger partial charge in [-0.15, -0.1) is 11.3 Å². The molecule has 4 rings (SSSR count). The Morgan fingerprint density at radius 3 is 2.89 bits per heavy atom. The zero-order chi connectivity index (χ0) is 18.6. The normalized spacial score (nSPS) is 12.1. The SMILES string of the molecule is O=C(O)COc1cccc2c1Cc1sc(SC/C=C/c3ccccc3)nc1-2. The van der Waals surface area contributed by atoms with Crippen LogP contribution in [-0.2, 0) is 11.2 Å². The van der Waals surface area contributed by atoms with Gasteiger partial charge in [0.2, 0.25) is 0 Å². The molecule has 0 unspecified atom stereocenters. The number of hydrogen-bond acceptors (Lipinski definition) is 5. The lowest BCUT2D eigenvalue weighted by Crippen LogP contribution is -2.10. The third-order valence-corrected chi connectivity index (χ3v) is 6.32. The Hall–Kier alpha value is -2.57. The Balaban J connectivity index is 1.44. The Kier molecular flexibility index (Phi) is 5.27. The minimum absolute atomic E-state index is 0.327. The molecule has 1 aliphatic rings. The summed E-state index contributed by atoms with van der Waals surface area (Å²) >= 11 is 3.43. The number of aliphatic carboxylic acids is 1. The molecular weight excluding hydrogens is 378 g/mol. The summed E-state index contributed by atoms with van der Waals surface area (Å²) in [6, 6.07) is 16.0. The number of carboxylic acids is 1. The summed E-state index contributed by atoms with van der Waals surface area (Å²) in [7, 11) is 0. The number of carboxylic acid groups (broad SMARTS) is 1. The van der Waals surface area contributed by atoms with E-state index in [9.17, 15) is 4.79 Å². The summed E-state index contributed by atoms with van der Waals surface area (Å²) in [6.45, 7) is -0.327. The van der Waals surface area contributed by atoms with Gasteiger partial charge in [-0.1, -0.05) is 66.4 Å². The minimum Gasteiger partial charge on any atom is -0.482 e. The highest BCUT2D eigenvalue weighted by molar-refractivity contribution is 8.01. The molecule has 27 heavy (non-hydrogen) atoms. The topological polar surface area (TPSA) is 59.4 Å². The number of nitrogens with zero attached hydrogens (tertiary/aromatic N) is 1. The monoisotopic (exact) mass is 395 g/mol. The predicted molar refractivity (Wildman–Crippen MR) is 110 cm³/mol. The molecule has 136 valence electrons. The van der Waals surface area contributed by atoms with E-state index in [1.54, 1.807) is 23.1 Å². The summed E-state index contributed by atoms with van der Waals surface area (Å²) in [5, 5.41) is 8.83. The number of hydrogen-bond donors (Lipinski definition) is 1. The van der Waals surface area contributed by atoms with E-state index in [4.69, 9.17) is 14.8 Å². The molecule has 0 aliphatic heterocycles. The lowest BCUT2D eigenvalue weighted by atomic mass is 10.1. The Bertz CT molecular complexity index is 996. The van der Waals surface area contributed by atoms with Crippen molar-refractivity contribution < 1.29 is 14.6 Å². The first-order valence-electron chi connectivity index (χ1n) is 8.51. The van der Waals surface area contributed by atoms with Crippen molar-refractivity contribution in [1.82, 2.24) is 4.98 Å². The summed E-state index contributed by atoms with van der Waals surface area (Å²) in [5.41, 5.74) is 4.29. The zero-order valence-electron chi connectivity index (χ0n) is 14.4. The minimum atomic E-state index is -0.972. The zero-order valence-corrected chi connectivity index (χ0v) is 16.1. The van der Waals surface area contributed by atoms with E-state index in [0.29, 0.717) is 5.75 Å². The molecule has 1 heterocycles. The largest absolute Gasteiger partial charge is 0.482 e. The van der Waals surface area contributed by atoms with Gasteiger partial charge in [0, 0.05) is 28.2 Å². The van der Waals surface area contributed by atoms with Gasteiger partial charge in [0.05, 0.1) is 5.69 Å². The summed E-state index contributed by atoms with van der Waals surface area (Å²) in [4.78, 5) is 16.8. The van der Waals surface area contributed by atoms with Crippen LogP contribution >= 0.6 is 23.1 Å². The third-order valence-electron chi connectivity index (χ3n) is 4.17. The standard InChI is InChI=1S/C21H17NO3S2/c23-19(24)13-25-17-10-4-9-15-16(17)12-18-20(15)22-21(27-18)26-11-5-8-14-6-2-1-3-7-14/h1-10H,11-13H2,(H,23,24)/b8-5+. The first-order chi connectivity index (χ1) is 13.2. The third kappa shape index (κ3) is 4.07. The van der Waals surface area contributed by atoms with Gasteiger partial charge in [-0.2, -0.15) is 0 Å². The van der Waals surface area contributed by atoms with Crippen molar-refractivity contribution in [3.8, 4) is 17.0 Å². The van der Waals surface area contributed by atoms with Crippen LogP contribution < -0.4 is 4.74 Å². The molecule has 6 heteroatoms. The van der Waals surface area contributed by atoms with Gasteiger partial charge in [0.1, 0.15) is 5.75 Å². The second kappa shape index (κ2) is 7.98. The molecule has 0 saturated carbocycles. The van der Waals surface area contributed by atoms with Crippen molar-refractivity contribution in [1.29, 1.82) is 0 Å². The molecule has 4 nitrogen and oxygen atoms in total. The molecule has 0 fully saturated rings. The van der Waals surface area contributed by atoms with Crippen LogP contribution in [0.15, 0.2) is 58.9 Å². The van der Waals surface area contributed by atoms with Crippen LogP contribution in [0.5, 0.6) is 5.75 Å². The molecule has 3 aromatic rings. The smallest absolute Gasteiger partial charge is 0.341 e. The fourth-order valence-corrected chi connectivity index (χ4v) is 5.04. The van der Waals surface area contributed by atoms with Crippen LogP contribution in [0.2, 0.25) is 0 Å². The molecule has 1 N–H and O–H groups in total. The van der Waals surface area contributed by atoms with E-state index < -0.39 is 5.97 Å². The first-order valence-corrected chi connectivity index (χ1v) is 10.3. The molecule has 0 spiro atoms. The maximum Gasteiger partial charge on any atom is 0.341 e. The van der Waals surface area contributed by atoms with Crippen molar-refractivity contribution in [3.05, 3.63) is 70.6 Å². The van der Waals surface area contributed by atoms with E-state index in [-0.39, 0.29) is 6.61 Å². The highest BCUT2D eigenvalue weighted by Crippen LogP contribution is 2.45. The van der Waals surface area contributed by atoms with Gasteiger partial charge >= 0.3 is 5.97 Å². The number of carbonyl (C=O) groups is 1. The molecule has 0 atom stereocenters. The van der Waals surface area contributed by atoms with Crippen LogP contribution in [-0.4, -0.2) is 28.4 Å². The van der Waals surface area contributed by atoms with E-state index in [0.717, 1.165) is 33.3 Å². The van der Waals surface area contributed by atoms with E-state index in [1.165, 1.54) is 10.4 Å². The highest BCUT2D eigenvalue weighted by Gasteiger charge is 2.26. The van der Waals surface area contributed by atoms with Gasteiger partial charge in [0.25, 0.3) is 0 Å². The number of thioether (sulfide) groups is 1. The van der Waals surface area contributed by atoms with Crippen molar-refractivity contribution in [3.63, 3.8) is 0 Å². The highest BCUT2D eigenvalue weighted by atomic mass is 32.2. The first kappa shape index (κ1) is 17.8. The van der Waals surface area contributed by atoms with E-state index >= 15 is 0 Å². The quantitative estimate of drug-likeness (QED) is 0.447. The lowest BCUT2D eigenvalue weighted by molar-refractivity contribution is -0.139. The second-order valence-electron chi connectivity index (χ2n) is 6.02. The van der Waals surface area contributed by atoms with Crippen molar-refractivity contribution in [2.75, 3.05) is 12.4 Å². The molecule has 1 aliphatic carbocycles. The number of benzene rings is 2. The van der Waals surface area contributed by atoms with Crippen molar-refractivity contribution in [2.45, 2.75) is 10.8 Å². The van der Waals surface area contributed by atoms with Gasteiger partial charge in [-0.05, 0) is 11.6 Å². The van der Waals surface area contributed by atoms with Crippen LogP contribution in [0.1, 0.15) is 16.0 Å². The van der Waals surface area contributed by atoms with Crippen LogP contribution in [0.3, 0.4) is 0 Å². The molecule has 2 aromatic carbocycles. The van der Waals surface area contributed by atoms with Crippen LogP contribution in [0.25, 0.3) is 17.3 Å². The fourth-order valence-electron chi connectivity index (χ4n) is 3.00. The molecule has 0 radical (unpaired) electrons. The molecule has 0 bridgehead atoms. The maximum atomic E-state index is 10.8. The average molecular weight is 396 g/mol. The Morgan fingerprint density at radius 2 is 2.07 bits per heavy atom. The van der Waals surface area contributed by atoms with Crippen LogP contribution in [0, 0.1) is 0 Å². The molecule has 0 saturated heterocycles. The van der Waals surface area contributed by atoms with E-state index in [2.05, 4.69) is 24.3 Å². The van der Waals surface area contributed by atoms with Gasteiger partial charge in [0.15, 0.2) is 10.9 Å². The average Bonchev–Trinajstić information content (AvgIpc) is 3.22. The number of aromatic nitrogens is 1.